The van der Waals surface area contributed by atoms with Crippen LogP contribution in [0.25, 0.3) is 0 Å². The molecule has 3 N–H and O–H groups in total. The highest BCUT2D eigenvalue weighted by Crippen LogP contribution is 2.32. The molecule has 14 heavy (non-hydrogen) atoms. The van der Waals surface area contributed by atoms with Gasteiger partial charge in [0.15, 0.2) is 0 Å². The standard InChI is InChI=1S/C11H16BrNO/c1-2-3-7-10(13)8-5-4-6-9(12)11(8)14/h4-6,10,14H,2-3,7,13H2,1H3/t10-/m1/s1. The fourth-order valence-corrected chi connectivity index (χ4v) is 1.79. The number of benzene rings is 1. The molecule has 1 aromatic rings. The van der Waals surface area contributed by atoms with Gasteiger partial charge in [0.25, 0.3) is 0 Å². The molecule has 1 aromatic carbocycles. The first-order valence-electron chi connectivity index (χ1n) is 4.89. The molecule has 0 saturated carbocycles. The zero-order valence-electron chi connectivity index (χ0n) is 8.33. The van der Waals surface area contributed by atoms with E-state index in [9.17, 15) is 5.11 Å². The van der Waals surface area contributed by atoms with Crippen LogP contribution in [-0.4, -0.2) is 5.11 Å². The Labute approximate surface area is 93.3 Å². The molecule has 3 heteroatoms. The molecular weight excluding hydrogens is 242 g/mol. The molecule has 0 radical (unpaired) electrons. The van der Waals surface area contributed by atoms with E-state index >= 15 is 0 Å². The van der Waals surface area contributed by atoms with Crippen LogP contribution in [0.2, 0.25) is 0 Å². The normalized spacial score (nSPS) is 12.8. The van der Waals surface area contributed by atoms with E-state index < -0.39 is 0 Å². The number of para-hydroxylation sites is 1. The first kappa shape index (κ1) is 11.5. The minimum absolute atomic E-state index is 0.0625. The van der Waals surface area contributed by atoms with Crippen molar-refractivity contribution in [1.82, 2.24) is 0 Å². The molecule has 0 aliphatic heterocycles. The van der Waals surface area contributed by atoms with Crippen molar-refractivity contribution < 1.29 is 5.11 Å². The molecule has 0 aliphatic rings. The van der Waals surface area contributed by atoms with Gasteiger partial charge in [-0.3, -0.25) is 0 Å². The van der Waals surface area contributed by atoms with Gasteiger partial charge in [-0.2, -0.15) is 0 Å². The number of phenolic OH excluding ortho intramolecular Hbond substituents is 1. The molecule has 0 fully saturated rings. The van der Waals surface area contributed by atoms with Crippen LogP contribution < -0.4 is 5.73 Å². The Morgan fingerprint density at radius 1 is 1.50 bits per heavy atom. The van der Waals surface area contributed by atoms with E-state index in [4.69, 9.17) is 5.73 Å². The maximum absolute atomic E-state index is 9.74. The maximum atomic E-state index is 9.74. The Kier molecular flexibility index (Phi) is 4.42. The van der Waals surface area contributed by atoms with Crippen molar-refractivity contribution in [2.45, 2.75) is 32.2 Å². The van der Waals surface area contributed by atoms with E-state index in [-0.39, 0.29) is 11.8 Å². The van der Waals surface area contributed by atoms with Gasteiger partial charge in [-0.15, -0.1) is 0 Å². The average molecular weight is 258 g/mol. The van der Waals surface area contributed by atoms with Gasteiger partial charge in [0.05, 0.1) is 4.47 Å². The Morgan fingerprint density at radius 2 is 2.21 bits per heavy atom. The Hall–Kier alpha value is -0.540. The molecule has 0 aromatic heterocycles. The van der Waals surface area contributed by atoms with Crippen molar-refractivity contribution in [3.63, 3.8) is 0 Å². The van der Waals surface area contributed by atoms with E-state index in [0.717, 1.165) is 24.8 Å². The molecule has 0 aliphatic carbocycles. The lowest BCUT2D eigenvalue weighted by Gasteiger charge is -2.13. The van der Waals surface area contributed by atoms with E-state index in [1.807, 2.05) is 18.2 Å². The highest BCUT2D eigenvalue weighted by molar-refractivity contribution is 9.10. The van der Waals surface area contributed by atoms with Crippen molar-refractivity contribution in [2.24, 2.45) is 5.73 Å². The third kappa shape index (κ3) is 2.72. The van der Waals surface area contributed by atoms with Gasteiger partial charge in [0.1, 0.15) is 5.75 Å². The van der Waals surface area contributed by atoms with Crippen LogP contribution in [0.5, 0.6) is 5.75 Å². The molecule has 1 atom stereocenters. The molecular formula is C11H16BrNO. The van der Waals surface area contributed by atoms with Crippen LogP contribution in [0.3, 0.4) is 0 Å². The summed E-state index contributed by atoms with van der Waals surface area (Å²) in [6, 6.07) is 5.52. The number of hydrogen-bond donors (Lipinski definition) is 2. The molecule has 0 amide bonds. The van der Waals surface area contributed by atoms with E-state index in [0.29, 0.717) is 4.47 Å². The number of nitrogens with two attached hydrogens (primary N) is 1. The smallest absolute Gasteiger partial charge is 0.134 e. The third-order valence-corrected chi connectivity index (χ3v) is 2.93. The molecule has 0 bridgehead atoms. The van der Waals surface area contributed by atoms with Gasteiger partial charge in [-0.25, -0.2) is 0 Å². The van der Waals surface area contributed by atoms with Crippen molar-refractivity contribution in [2.75, 3.05) is 0 Å². The van der Waals surface area contributed by atoms with Gasteiger partial charge in [-0.1, -0.05) is 31.9 Å². The second-order valence-corrected chi connectivity index (χ2v) is 4.28. The second kappa shape index (κ2) is 5.37. The number of unbranched alkanes of at least 4 members (excludes halogenated alkanes) is 1. The molecule has 0 heterocycles. The predicted molar refractivity (Wildman–Crippen MR) is 62.3 cm³/mol. The van der Waals surface area contributed by atoms with Gasteiger partial charge < -0.3 is 10.8 Å². The second-order valence-electron chi connectivity index (χ2n) is 3.43. The minimum Gasteiger partial charge on any atom is -0.506 e. The monoisotopic (exact) mass is 257 g/mol. The first-order valence-corrected chi connectivity index (χ1v) is 5.69. The summed E-state index contributed by atoms with van der Waals surface area (Å²) in [6.07, 6.45) is 3.14. The lowest BCUT2D eigenvalue weighted by molar-refractivity contribution is 0.453. The van der Waals surface area contributed by atoms with Crippen LogP contribution in [0.1, 0.15) is 37.8 Å². The molecule has 78 valence electrons. The number of halogens is 1. The zero-order valence-corrected chi connectivity index (χ0v) is 9.92. The number of hydrogen-bond acceptors (Lipinski definition) is 2. The van der Waals surface area contributed by atoms with Crippen LogP contribution in [0.4, 0.5) is 0 Å². The summed E-state index contributed by atoms with van der Waals surface area (Å²) in [5.41, 5.74) is 6.80. The number of rotatable bonds is 4. The Balaban J connectivity index is 2.79. The van der Waals surface area contributed by atoms with Crippen LogP contribution >= 0.6 is 15.9 Å². The van der Waals surface area contributed by atoms with Crippen LogP contribution in [0, 0.1) is 0 Å². The summed E-state index contributed by atoms with van der Waals surface area (Å²) < 4.78 is 0.710. The molecule has 0 saturated heterocycles. The third-order valence-electron chi connectivity index (χ3n) is 2.29. The Morgan fingerprint density at radius 3 is 2.86 bits per heavy atom. The number of phenols is 1. The fraction of sp³-hybridized carbons (Fsp3) is 0.455. The summed E-state index contributed by atoms with van der Waals surface area (Å²) in [4.78, 5) is 0. The van der Waals surface area contributed by atoms with Crippen molar-refractivity contribution in [3.8, 4) is 5.75 Å². The fourth-order valence-electron chi connectivity index (χ4n) is 1.41. The van der Waals surface area contributed by atoms with Crippen molar-refractivity contribution >= 4 is 15.9 Å². The average Bonchev–Trinajstić information content (AvgIpc) is 2.18. The molecule has 0 spiro atoms. The quantitative estimate of drug-likeness (QED) is 0.869. The van der Waals surface area contributed by atoms with Crippen molar-refractivity contribution in [3.05, 3.63) is 28.2 Å². The summed E-state index contributed by atoms with van der Waals surface area (Å²) in [7, 11) is 0. The Bertz CT molecular complexity index is 301. The summed E-state index contributed by atoms with van der Waals surface area (Å²) in [6.45, 7) is 2.13. The molecule has 0 unspecified atom stereocenters. The summed E-state index contributed by atoms with van der Waals surface area (Å²) in [5.74, 6) is 0.274. The van der Waals surface area contributed by atoms with Crippen molar-refractivity contribution in [1.29, 1.82) is 0 Å². The van der Waals surface area contributed by atoms with Gasteiger partial charge in [-0.05, 0) is 28.4 Å². The zero-order chi connectivity index (χ0) is 10.6. The maximum Gasteiger partial charge on any atom is 0.134 e. The lowest BCUT2D eigenvalue weighted by atomic mass is 10.0. The van der Waals surface area contributed by atoms with E-state index in [2.05, 4.69) is 22.9 Å². The van der Waals surface area contributed by atoms with E-state index in [1.54, 1.807) is 0 Å². The van der Waals surface area contributed by atoms with E-state index in [1.165, 1.54) is 0 Å². The lowest BCUT2D eigenvalue weighted by Crippen LogP contribution is -2.10. The molecule has 2 nitrogen and oxygen atoms in total. The summed E-state index contributed by atoms with van der Waals surface area (Å²) in [5, 5.41) is 9.74. The molecule has 1 rings (SSSR count). The SMILES string of the molecule is CCCC[C@@H](N)c1cccc(Br)c1O. The summed E-state index contributed by atoms with van der Waals surface area (Å²) >= 11 is 3.28. The van der Waals surface area contributed by atoms with Crippen LogP contribution in [0.15, 0.2) is 22.7 Å². The highest BCUT2D eigenvalue weighted by Gasteiger charge is 2.11. The van der Waals surface area contributed by atoms with Crippen LogP contribution in [-0.2, 0) is 0 Å². The largest absolute Gasteiger partial charge is 0.506 e. The minimum atomic E-state index is -0.0625. The first-order chi connectivity index (χ1) is 6.66. The topological polar surface area (TPSA) is 46.2 Å². The highest BCUT2D eigenvalue weighted by atomic mass is 79.9. The van der Waals surface area contributed by atoms with Gasteiger partial charge >= 0.3 is 0 Å². The van der Waals surface area contributed by atoms with Gasteiger partial charge in [0, 0.05) is 11.6 Å². The predicted octanol–water partition coefficient (Wildman–Crippen LogP) is 3.34. The van der Waals surface area contributed by atoms with Gasteiger partial charge in [0.2, 0.25) is 0 Å². The number of aromatic hydroxyl groups is 1.